The molecule has 1 N–H and O–H groups in total. The van der Waals surface area contributed by atoms with E-state index >= 15 is 0 Å². The number of aromatic amines is 1. The van der Waals surface area contributed by atoms with Gasteiger partial charge in [-0.2, -0.15) is 11.3 Å². The molecule has 0 atom stereocenters. The van der Waals surface area contributed by atoms with Crippen molar-refractivity contribution < 1.29 is 0 Å². The van der Waals surface area contributed by atoms with Gasteiger partial charge >= 0.3 is 0 Å². The summed E-state index contributed by atoms with van der Waals surface area (Å²) in [7, 11) is 0. The molecular formula is C17H13N3OS. The molecule has 0 unspecified atom stereocenters. The Hall–Kier alpha value is -2.66. The highest BCUT2D eigenvalue weighted by molar-refractivity contribution is 7.07. The van der Waals surface area contributed by atoms with Crippen LogP contribution in [0.4, 0.5) is 0 Å². The summed E-state index contributed by atoms with van der Waals surface area (Å²) >= 11 is 1.65. The molecule has 0 aliphatic rings. The second-order valence-corrected chi connectivity index (χ2v) is 5.89. The molecule has 5 heteroatoms. The van der Waals surface area contributed by atoms with Crippen molar-refractivity contribution >= 4 is 17.0 Å². The Morgan fingerprint density at radius 1 is 1.18 bits per heavy atom. The molecule has 3 aromatic heterocycles. The summed E-state index contributed by atoms with van der Waals surface area (Å²) in [6.07, 6.45) is 2.50. The third kappa shape index (κ3) is 2.25. The lowest BCUT2D eigenvalue weighted by Crippen LogP contribution is -2.15. The fourth-order valence-electron chi connectivity index (χ4n) is 2.55. The lowest BCUT2D eigenvalue weighted by molar-refractivity contribution is 0.881. The van der Waals surface area contributed by atoms with Crippen LogP contribution in [0.25, 0.3) is 16.8 Å². The molecule has 0 saturated carbocycles. The molecule has 0 spiro atoms. The SMILES string of the molecule is O=c1cc(Cc2ccsc2)nc2c(-c3ccccc3)c[nH]n12. The van der Waals surface area contributed by atoms with Crippen molar-refractivity contribution in [2.75, 3.05) is 0 Å². The largest absolute Gasteiger partial charge is 0.296 e. The first-order valence-corrected chi connectivity index (χ1v) is 7.92. The fraction of sp³-hybridized carbons (Fsp3) is 0.0588. The van der Waals surface area contributed by atoms with Gasteiger partial charge in [0.15, 0.2) is 5.65 Å². The van der Waals surface area contributed by atoms with Gasteiger partial charge < -0.3 is 0 Å². The average molecular weight is 307 g/mol. The number of aromatic nitrogens is 3. The van der Waals surface area contributed by atoms with Crippen molar-refractivity contribution in [1.82, 2.24) is 14.6 Å². The van der Waals surface area contributed by atoms with Crippen molar-refractivity contribution in [3.63, 3.8) is 0 Å². The third-order valence-electron chi connectivity index (χ3n) is 3.60. The molecule has 0 saturated heterocycles. The van der Waals surface area contributed by atoms with Crippen LogP contribution in [0.1, 0.15) is 11.3 Å². The molecule has 4 nitrogen and oxygen atoms in total. The maximum atomic E-state index is 12.3. The molecule has 0 radical (unpaired) electrons. The van der Waals surface area contributed by atoms with Crippen molar-refractivity contribution in [2.24, 2.45) is 0 Å². The van der Waals surface area contributed by atoms with Crippen molar-refractivity contribution in [2.45, 2.75) is 6.42 Å². The van der Waals surface area contributed by atoms with E-state index in [0.717, 1.165) is 16.8 Å². The monoisotopic (exact) mass is 307 g/mol. The van der Waals surface area contributed by atoms with E-state index in [9.17, 15) is 4.79 Å². The molecule has 4 aromatic rings. The predicted molar refractivity (Wildman–Crippen MR) is 88.4 cm³/mol. The topological polar surface area (TPSA) is 50.2 Å². The Morgan fingerprint density at radius 3 is 2.82 bits per heavy atom. The normalized spacial score (nSPS) is 11.1. The Labute approximate surface area is 130 Å². The summed E-state index contributed by atoms with van der Waals surface area (Å²) in [6, 6.07) is 13.6. The van der Waals surface area contributed by atoms with Gasteiger partial charge in [-0.15, -0.1) is 0 Å². The van der Waals surface area contributed by atoms with Crippen molar-refractivity contribution in [3.05, 3.63) is 81.0 Å². The van der Waals surface area contributed by atoms with Crippen LogP contribution in [0.15, 0.2) is 64.2 Å². The zero-order valence-corrected chi connectivity index (χ0v) is 12.5. The van der Waals surface area contributed by atoms with Gasteiger partial charge in [0.05, 0.1) is 5.69 Å². The number of benzene rings is 1. The molecule has 0 amide bonds. The van der Waals surface area contributed by atoms with E-state index in [1.165, 1.54) is 10.1 Å². The summed E-state index contributed by atoms with van der Waals surface area (Å²) in [5, 5.41) is 7.10. The highest BCUT2D eigenvalue weighted by Crippen LogP contribution is 2.22. The Balaban J connectivity index is 1.87. The van der Waals surface area contributed by atoms with E-state index in [2.05, 4.69) is 21.5 Å². The van der Waals surface area contributed by atoms with Gasteiger partial charge in [0.2, 0.25) is 0 Å². The summed E-state index contributed by atoms with van der Waals surface area (Å²) in [5.41, 5.74) is 4.53. The van der Waals surface area contributed by atoms with Gasteiger partial charge in [-0.05, 0) is 28.0 Å². The van der Waals surface area contributed by atoms with Crippen LogP contribution in [-0.2, 0) is 6.42 Å². The van der Waals surface area contributed by atoms with E-state index in [0.29, 0.717) is 12.1 Å². The number of hydrogen-bond donors (Lipinski definition) is 1. The van der Waals surface area contributed by atoms with Crippen LogP contribution in [0.2, 0.25) is 0 Å². The van der Waals surface area contributed by atoms with Crippen molar-refractivity contribution in [3.8, 4) is 11.1 Å². The number of rotatable bonds is 3. The van der Waals surface area contributed by atoms with Gasteiger partial charge in [-0.25, -0.2) is 9.50 Å². The maximum absolute atomic E-state index is 12.3. The number of fused-ring (bicyclic) bond motifs is 1. The minimum Gasteiger partial charge on any atom is -0.296 e. The average Bonchev–Trinajstić information content (AvgIpc) is 3.18. The summed E-state index contributed by atoms with van der Waals surface area (Å²) in [5.74, 6) is 0. The molecule has 1 aromatic carbocycles. The Morgan fingerprint density at radius 2 is 2.05 bits per heavy atom. The smallest absolute Gasteiger partial charge is 0.272 e. The molecule has 0 fully saturated rings. The molecular weight excluding hydrogens is 294 g/mol. The van der Waals surface area contributed by atoms with Crippen LogP contribution in [0, 0.1) is 0 Å². The minimum absolute atomic E-state index is 0.0857. The van der Waals surface area contributed by atoms with E-state index in [-0.39, 0.29) is 5.56 Å². The van der Waals surface area contributed by atoms with Crippen LogP contribution < -0.4 is 5.56 Å². The molecule has 0 aliphatic carbocycles. The summed E-state index contributed by atoms with van der Waals surface area (Å²) < 4.78 is 1.49. The summed E-state index contributed by atoms with van der Waals surface area (Å²) in [6.45, 7) is 0. The van der Waals surface area contributed by atoms with Gasteiger partial charge in [-0.3, -0.25) is 9.89 Å². The quantitative estimate of drug-likeness (QED) is 0.631. The maximum Gasteiger partial charge on any atom is 0.272 e. The molecule has 3 heterocycles. The third-order valence-corrected chi connectivity index (χ3v) is 4.33. The molecule has 22 heavy (non-hydrogen) atoms. The van der Waals surface area contributed by atoms with Crippen LogP contribution in [0.5, 0.6) is 0 Å². The zero-order chi connectivity index (χ0) is 14.9. The van der Waals surface area contributed by atoms with Gasteiger partial charge in [-0.1, -0.05) is 30.3 Å². The lowest BCUT2D eigenvalue weighted by atomic mass is 10.1. The second kappa shape index (κ2) is 5.27. The number of nitrogens with zero attached hydrogens (tertiary/aromatic N) is 2. The van der Waals surface area contributed by atoms with Gasteiger partial charge in [0.25, 0.3) is 5.56 Å². The van der Waals surface area contributed by atoms with E-state index in [1.807, 2.05) is 41.9 Å². The van der Waals surface area contributed by atoms with Crippen molar-refractivity contribution in [1.29, 1.82) is 0 Å². The first-order valence-electron chi connectivity index (χ1n) is 6.98. The minimum atomic E-state index is -0.0857. The number of hydrogen-bond acceptors (Lipinski definition) is 3. The van der Waals surface area contributed by atoms with E-state index in [4.69, 9.17) is 0 Å². The molecule has 0 bridgehead atoms. The zero-order valence-electron chi connectivity index (χ0n) is 11.7. The molecule has 108 valence electrons. The number of thiophene rings is 1. The van der Waals surface area contributed by atoms with E-state index in [1.54, 1.807) is 17.4 Å². The standard InChI is InChI=1S/C17H13N3OS/c21-16-9-14(8-12-6-7-22-11-12)19-17-15(10-18-20(16)17)13-4-2-1-3-5-13/h1-7,9-11,18H,8H2. The lowest BCUT2D eigenvalue weighted by Gasteiger charge is -2.02. The number of nitrogens with one attached hydrogen (secondary N) is 1. The predicted octanol–water partition coefficient (Wildman–Crippen LogP) is 3.34. The highest BCUT2D eigenvalue weighted by Gasteiger charge is 2.11. The number of H-pyrrole nitrogens is 1. The van der Waals surface area contributed by atoms with Gasteiger partial charge in [0.1, 0.15) is 0 Å². The van der Waals surface area contributed by atoms with Crippen LogP contribution >= 0.6 is 11.3 Å². The first-order chi connectivity index (χ1) is 10.8. The first kappa shape index (κ1) is 13.0. The highest BCUT2D eigenvalue weighted by atomic mass is 32.1. The van der Waals surface area contributed by atoms with Crippen LogP contribution in [-0.4, -0.2) is 14.6 Å². The fourth-order valence-corrected chi connectivity index (χ4v) is 3.22. The molecule has 4 rings (SSSR count). The van der Waals surface area contributed by atoms with Gasteiger partial charge in [0, 0.05) is 24.2 Å². The second-order valence-electron chi connectivity index (χ2n) is 5.11. The van der Waals surface area contributed by atoms with Crippen LogP contribution in [0.3, 0.4) is 0 Å². The summed E-state index contributed by atoms with van der Waals surface area (Å²) in [4.78, 5) is 17.0. The Bertz CT molecular complexity index is 968. The Kier molecular flexibility index (Phi) is 3.12. The van der Waals surface area contributed by atoms with E-state index < -0.39 is 0 Å². The molecule has 0 aliphatic heterocycles.